The van der Waals surface area contributed by atoms with E-state index in [1.807, 2.05) is 12.1 Å². The Balaban J connectivity index is 1.36. The van der Waals surface area contributed by atoms with Gasteiger partial charge in [-0.2, -0.15) is 0 Å². The quantitative estimate of drug-likeness (QED) is 0.771. The molecular weight excluding hydrogens is 383 g/mol. The standard InChI is InChI=1S/C24H27FN2O3/c25-20-8-6-17(7-9-20)24(29)27-21-10-11-22-18(13-21)12-19(15-30-22)23(28)26-14-16-4-2-1-3-5-16/h6-11,13,16,19H,1-5,12,14-15H2,(H,26,28)(H,27,29)/t19-/m0/s1. The van der Waals surface area contributed by atoms with Gasteiger partial charge in [0.1, 0.15) is 18.2 Å². The largest absolute Gasteiger partial charge is 0.492 e. The summed E-state index contributed by atoms with van der Waals surface area (Å²) < 4.78 is 18.8. The lowest BCUT2D eigenvalue weighted by molar-refractivity contribution is -0.126. The fourth-order valence-corrected chi connectivity index (χ4v) is 4.23. The van der Waals surface area contributed by atoms with Gasteiger partial charge in [-0.25, -0.2) is 4.39 Å². The van der Waals surface area contributed by atoms with Gasteiger partial charge in [0.15, 0.2) is 0 Å². The molecule has 1 atom stereocenters. The summed E-state index contributed by atoms with van der Waals surface area (Å²) in [5.41, 5.74) is 1.90. The van der Waals surface area contributed by atoms with Gasteiger partial charge in [0.2, 0.25) is 5.91 Å². The van der Waals surface area contributed by atoms with Crippen molar-refractivity contribution in [2.75, 3.05) is 18.5 Å². The van der Waals surface area contributed by atoms with E-state index in [-0.39, 0.29) is 23.5 Å². The Bertz CT molecular complexity index is 907. The molecule has 2 aromatic rings. The number of nitrogens with one attached hydrogen (secondary N) is 2. The van der Waals surface area contributed by atoms with Crippen molar-refractivity contribution in [3.05, 3.63) is 59.4 Å². The number of rotatable bonds is 5. The summed E-state index contributed by atoms with van der Waals surface area (Å²) in [6.07, 6.45) is 6.78. The van der Waals surface area contributed by atoms with Crippen LogP contribution in [0.4, 0.5) is 10.1 Å². The van der Waals surface area contributed by atoms with Gasteiger partial charge in [0, 0.05) is 17.8 Å². The van der Waals surface area contributed by atoms with E-state index in [4.69, 9.17) is 4.74 Å². The van der Waals surface area contributed by atoms with Crippen LogP contribution in [0, 0.1) is 17.7 Å². The molecule has 0 aromatic heterocycles. The number of carbonyl (C=O) groups is 2. The molecule has 2 aliphatic rings. The van der Waals surface area contributed by atoms with Gasteiger partial charge in [-0.15, -0.1) is 0 Å². The molecule has 6 heteroatoms. The summed E-state index contributed by atoms with van der Waals surface area (Å²) in [6.45, 7) is 1.11. The molecular formula is C24H27FN2O3. The van der Waals surface area contributed by atoms with Gasteiger partial charge in [-0.1, -0.05) is 19.3 Å². The number of hydrogen-bond donors (Lipinski definition) is 2. The van der Waals surface area contributed by atoms with Crippen molar-refractivity contribution < 1.29 is 18.7 Å². The number of halogens is 1. The highest BCUT2D eigenvalue weighted by atomic mass is 19.1. The molecule has 0 spiro atoms. The van der Waals surface area contributed by atoms with Crippen LogP contribution in [0.2, 0.25) is 0 Å². The molecule has 2 N–H and O–H groups in total. The summed E-state index contributed by atoms with van der Waals surface area (Å²) in [4.78, 5) is 25.0. The molecule has 0 radical (unpaired) electrons. The fourth-order valence-electron chi connectivity index (χ4n) is 4.23. The van der Waals surface area contributed by atoms with E-state index in [1.165, 1.54) is 56.4 Å². The lowest BCUT2D eigenvalue weighted by atomic mass is 9.89. The Kier molecular flexibility index (Phi) is 6.31. The van der Waals surface area contributed by atoms with Crippen LogP contribution in [-0.4, -0.2) is 25.0 Å². The van der Waals surface area contributed by atoms with E-state index >= 15 is 0 Å². The highest BCUT2D eigenvalue weighted by Crippen LogP contribution is 2.30. The van der Waals surface area contributed by atoms with Crippen LogP contribution in [-0.2, 0) is 11.2 Å². The first-order valence-electron chi connectivity index (χ1n) is 10.7. The first kappa shape index (κ1) is 20.4. The maximum atomic E-state index is 13.0. The minimum atomic E-state index is -0.384. The van der Waals surface area contributed by atoms with Crippen LogP contribution in [0.3, 0.4) is 0 Å². The summed E-state index contributed by atoms with van der Waals surface area (Å²) >= 11 is 0. The average molecular weight is 410 g/mol. The third kappa shape index (κ3) is 4.99. The Morgan fingerprint density at radius 3 is 2.57 bits per heavy atom. The summed E-state index contributed by atoms with van der Waals surface area (Å²) in [5, 5.41) is 5.93. The van der Waals surface area contributed by atoms with E-state index in [2.05, 4.69) is 10.6 Å². The maximum absolute atomic E-state index is 13.0. The molecule has 1 aliphatic heterocycles. The molecule has 158 valence electrons. The Labute approximate surface area is 176 Å². The van der Waals surface area contributed by atoms with Crippen molar-refractivity contribution in [3.63, 3.8) is 0 Å². The molecule has 4 rings (SSSR count). The van der Waals surface area contributed by atoms with E-state index in [1.54, 1.807) is 6.07 Å². The second-order valence-corrected chi connectivity index (χ2v) is 8.24. The molecule has 2 amide bonds. The smallest absolute Gasteiger partial charge is 0.255 e. The van der Waals surface area contributed by atoms with E-state index in [0.29, 0.717) is 30.2 Å². The zero-order chi connectivity index (χ0) is 20.9. The molecule has 30 heavy (non-hydrogen) atoms. The first-order valence-corrected chi connectivity index (χ1v) is 10.7. The predicted octanol–water partition coefficient (Wildman–Crippen LogP) is 4.33. The van der Waals surface area contributed by atoms with Crippen molar-refractivity contribution >= 4 is 17.5 Å². The van der Waals surface area contributed by atoms with Crippen LogP contribution in [0.25, 0.3) is 0 Å². The molecule has 1 saturated carbocycles. The number of carbonyl (C=O) groups excluding carboxylic acids is 2. The van der Waals surface area contributed by atoms with Gasteiger partial charge in [0.05, 0.1) is 5.92 Å². The monoisotopic (exact) mass is 410 g/mol. The van der Waals surface area contributed by atoms with Crippen molar-refractivity contribution in [3.8, 4) is 5.75 Å². The number of hydrogen-bond acceptors (Lipinski definition) is 3. The van der Waals surface area contributed by atoms with E-state index in [0.717, 1.165) is 17.9 Å². The van der Waals surface area contributed by atoms with Gasteiger partial charge >= 0.3 is 0 Å². The topological polar surface area (TPSA) is 67.4 Å². The molecule has 1 aliphatic carbocycles. The normalized spacial score (nSPS) is 18.8. The van der Waals surface area contributed by atoms with Crippen molar-refractivity contribution in [1.29, 1.82) is 0 Å². The van der Waals surface area contributed by atoms with Crippen LogP contribution < -0.4 is 15.4 Å². The zero-order valence-corrected chi connectivity index (χ0v) is 17.0. The lowest BCUT2D eigenvalue weighted by Gasteiger charge is -2.27. The third-order valence-corrected chi connectivity index (χ3v) is 5.99. The number of anilines is 1. The minimum absolute atomic E-state index is 0.0342. The Morgan fingerprint density at radius 2 is 1.80 bits per heavy atom. The molecule has 1 heterocycles. The Hall–Kier alpha value is -2.89. The molecule has 0 saturated heterocycles. The lowest BCUT2D eigenvalue weighted by Crippen LogP contribution is -2.39. The first-order chi connectivity index (χ1) is 14.6. The van der Waals surface area contributed by atoms with Crippen LogP contribution >= 0.6 is 0 Å². The van der Waals surface area contributed by atoms with E-state index < -0.39 is 0 Å². The Morgan fingerprint density at radius 1 is 1.03 bits per heavy atom. The molecule has 1 fully saturated rings. The van der Waals surface area contributed by atoms with Crippen molar-refractivity contribution in [2.24, 2.45) is 11.8 Å². The van der Waals surface area contributed by atoms with Gasteiger partial charge in [-0.3, -0.25) is 9.59 Å². The van der Waals surface area contributed by atoms with Crippen LogP contribution in [0.1, 0.15) is 48.0 Å². The molecule has 2 aromatic carbocycles. The fraction of sp³-hybridized carbons (Fsp3) is 0.417. The van der Waals surface area contributed by atoms with Gasteiger partial charge < -0.3 is 15.4 Å². The molecule has 0 unspecified atom stereocenters. The van der Waals surface area contributed by atoms with Gasteiger partial charge in [0.25, 0.3) is 5.91 Å². The van der Waals surface area contributed by atoms with Gasteiger partial charge in [-0.05, 0) is 73.2 Å². The summed E-state index contributed by atoms with van der Waals surface area (Å²) in [6, 6.07) is 10.8. The average Bonchev–Trinajstić information content (AvgIpc) is 2.78. The SMILES string of the molecule is O=C(Nc1ccc2c(c1)C[C@H](C(=O)NCC1CCCCC1)CO2)c1ccc(F)cc1. The number of amides is 2. The highest BCUT2D eigenvalue weighted by Gasteiger charge is 2.27. The minimum Gasteiger partial charge on any atom is -0.492 e. The summed E-state index contributed by atoms with van der Waals surface area (Å²) in [5.74, 6) is 0.439. The van der Waals surface area contributed by atoms with Crippen LogP contribution in [0.15, 0.2) is 42.5 Å². The zero-order valence-electron chi connectivity index (χ0n) is 17.0. The molecule has 5 nitrogen and oxygen atoms in total. The second kappa shape index (κ2) is 9.28. The number of benzene rings is 2. The number of ether oxygens (including phenoxy) is 1. The van der Waals surface area contributed by atoms with Crippen molar-refractivity contribution in [2.45, 2.75) is 38.5 Å². The van der Waals surface area contributed by atoms with E-state index in [9.17, 15) is 14.0 Å². The molecule has 0 bridgehead atoms. The summed E-state index contributed by atoms with van der Waals surface area (Å²) in [7, 11) is 0. The van der Waals surface area contributed by atoms with Crippen molar-refractivity contribution in [1.82, 2.24) is 5.32 Å². The second-order valence-electron chi connectivity index (χ2n) is 8.24. The number of fused-ring (bicyclic) bond motifs is 1. The van der Waals surface area contributed by atoms with Crippen LogP contribution in [0.5, 0.6) is 5.75 Å². The highest BCUT2D eigenvalue weighted by molar-refractivity contribution is 6.04. The maximum Gasteiger partial charge on any atom is 0.255 e. The predicted molar refractivity (Wildman–Crippen MR) is 113 cm³/mol. The third-order valence-electron chi connectivity index (χ3n) is 5.99.